The second-order valence-corrected chi connectivity index (χ2v) is 9.54. The lowest BCUT2D eigenvalue weighted by molar-refractivity contribution is 0.0600. The fourth-order valence-corrected chi connectivity index (χ4v) is 3.52. The number of nitrogens with one attached hydrogen (secondary N) is 1. The van der Waals surface area contributed by atoms with E-state index in [1.54, 1.807) is 6.92 Å². The number of sulfone groups is 1. The van der Waals surface area contributed by atoms with Crippen LogP contribution < -0.4 is 14.8 Å². The summed E-state index contributed by atoms with van der Waals surface area (Å²) in [7, 11) is -2.10. The minimum absolute atomic E-state index is 0.143. The Morgan fingerprint density at radius 1 is 1.00 bits per heavy atom. The molecule has 1 atom stereocenters. The van der Waals surface area contributed by atoms with Crippen molar-refractivity contribution in [3.05, 3.63) is 71.9 Å². The van der Waals surface area contributed by atoms with Gasteiger partial charge in [0.1, 0.15) is 29.2 Å². The van der Waals surface area contributed by atoms with Gasteiger partial charge in [-0.3, -0.25) is 4.79 Å². The maximum atomic E-state index is 12.9. The van der Waals surface area contributed by atoms with Crippen LogP contribution in [0.4, 0.5) is 5.82 Å². The third-order valence-corrected chi connectivity index (χ3v) is 5.78. The van der Waals surface area contributed by atoms with Crippen LogP contribution in [0.2, 0.25) is 0 Å². The van der Waals surface area contributed by atoms with Crippen LogP contribution >= 0.6 is 0 Å². The van der Waals surface area contributed by atoms with Crippen molar-refractivity contribution in [2.45, 2.75) is 17.9 Å². The Labute approximate surface area is 202 Å². The lowest BCUT2D eigenvalue weighted by Gasteiger charge is -2.15. The summed E-state index contributed by atoms with van der Waals surface area (Å²) in [6.07, 6.45) is 1.84. The van der Waals surface area contributed by atoms with Crippen molar-refractivity contribution in [2.75, 3.05) is 25.3 Å². The molecule has 10 nitrogen and oxygen atoms in total. The number of pyridine rings is 1. The predicted molar refractivity (Wildman–Crippen MR) is 127 cm³/mol. The number of hydrogen-bond donors (Lipinski definition) is 2. The monoisotopic (exact) mass is 500 g/mol. The topological polar surface area (TPSA) is 141 Å². The van der Waals surface area contributed by atoms with E-state index in [-0.39, 0.29) is 39.9 Å². The number of carbonyl (C=O) groups excluding carboxylic acids is 2. The molecule has 1 unspecified atom stereocenters. The molecule has 35 heavy (non-hydrogen) atoms. The van der Waals surface area contributed by atoms with Crippen LogP contribution in [0.25, 0.3) is 0 Å². The molecule has 3 rings (SSSR count). The SMILES string of the molecule is COC(=O)c1ccc(NC(=O)c2cc(Oc3ccc(S(C)(=O)=O)cc3)cc(OC(C)CO)c2)nc1. The molecule has 1 heterocycles. The van der Waals surface area contributed by atoms with Gasteiger partial charge >= 0.3 is 5.97 Å². The molecular formula is C24H24N2O8S. The van der Waals surface area contributed by atoms with Gasteiger partial charge in [-0.2, -0.15) is 0 Å². The smallest absolute Gasteiger partial charge is 0.339 e. The minimum Gasteiger partial charge on any atom is -0.488 e. The Morgan fingerprint density at radius 2 is 1.69 bits per heavy atom. The van der Waals surface area contributed by atoms with E-state index in [1.165, 1.54) is 67.9 Å². The van der Waals surface area contributed by atoms with Crippen molar-refractivity contribution < 1.29 is 37.3 Å². The number of aliphatic hydroxyl groups is 1. The van der Waals surface area contributed by atoms with Gasteiger partial charge in [0.05, 0.1) is 24.2 Å². The van der Waals surface area contributed by atoms with Gasteiger partial charge < -0.3 is 24.6 Å². The minimum atomic E-state index is -3.36. The van der Waals surface area contributed by atoms with Crippen molar-refractivity contribution in [1.29, 1.82) is 0 Å². The van der Waals surface area contributed by atoms with Crippen molar-refractivity contribution in [2.24, 2.45) is 0 Å². The number of methoxy groups -OCH3 is 1. The van der Waals surface area contributed by atoms with Gasteiger partial charge in [0, 0.05) is 24.1 Å². The van der Waals surface area contributed by atoms with E-state index in [0.717, 1.165) is 6.26 Å². The Kier molecular flexibility index (Phi) is 8.05. The Balaban J connectivity index is 1.85. The Hall–Kier alpha value is -3.96. The molecule has 0 fully saturated rings. The zero-order chi connectivity index (χ0) is 25.6. The fourth-order valence-electron chi connectivity index (χ4n) is 2.89. The maximum Gasteiger partial charge on any atom is 0.339 e. The van der Waals surface area contributed by atoms with Gasteiger partial charge in [0.25, 0.3) is 5.91 Å². The number of benzene rings is 2. The largest absolute Gasteiger partial charge is 0.488 e. The second kappa shape index (κ2) is 11.0. The summed E-state index contributed by atoms with van der Waals surface area (Å²) in [4.78, 5) is 28.6. The van der Waals surface area contributed by atoms with Gasteiger partial charge in [-0.1, -0.05) is 0 Å². The van der Waals surface area contributed by atoms with Gasteiger partial charge in [0.2, 0.25) is 0 Å². The van der Waals surface area contributed by atoms with Crippen molar-refractivity contribution in [1.82, 2.24) is 4.98 Å². The van der Waals surface area contributed by atoms with E-state index in [4.69, 9.17) is 9.47 Å². The van der Waals surface area contributed by atoms with Crippen LogP contribution in [0.15, 0.2) is 65.7 Å². The summed E-state index contributed by atoms with van der Waals surface area (Å²) in [6, 6.07) is 13.2. The number of ether oxygens (including phenoxy) is 3. The van der Waals surface area contributed by atoms with Crippen LogP contribution in [0, 0.1) is 0 Å². The van der Waals surface area contributed by atoms with E-state index in [2.05, 4.69) is 15.0 Å². The van der Waals surface area contributed by atoms with Crippen LogP contribution in [0.3, 0.4) is 0 Å². The molecule has 2 aromatic carbocycles. The number of aromatic nitrogens is 1. The molecule has 0 saturated carbocycles. The second-order valence-electron chi connectivity index (χ2n) is 7.53. The van der Waals surface area contributed by atoms with Gasteiger partial charge in [-0.15, -0.1) is 0 Å². The summed E-state index contributed by atoms with van der Waals surface area (Å²) in [6.45, 7) is 1.42. The van der Waals surface area contributed by atoms with Crippen LogP contribution in [-0.4, -0.2) is 56.5 Å². The highest BCUT2D eigenvalue weighted by molar-refractivity contribution is 7.90. The molecule has 0 spiro atoms. The average molecular weight is 501 g/mol. The number of amides is 1. The highest BCUT2D eigenvalue weighted by Crippen LogP contribution is 2.29. The fraction of sp³-hybridized carbons (Fsp3) is 0.208. The number of hydrogen-bond acceptors (Lipinski definition) is 9. The summed E-state index contributed by atoms with van der Waals surface area (Å²) in [5.41, 5.74) is 0.408. The highest BCUT2D eigenvalue weighted by atomic mass is 32.2. The zero-order valence-electron chi connectivity index (χ0n) is 19.2. The molecule has 184 valence electrons. The number of rotatable bonds is 9. The molecule has 0 aliphatic rings. The molecule has 0 saturated heterocycles. The predicted octanol–water partition coefficient (Wildman–Crippen LogP) is 3.08. The van der Waals surface area contributed by atoms with Crippen molar-refractivity contribution in [3.8, 4) is 17.2 Å². The lowest BCUT2D eigenvalue weighted by atomic mass is 10.1. The number of carbonyl (C=O) groups is 2. The van der Waals surface area contributed by atoms with Crippen LogP contribution in [0.1, 0.15) is 27.6 Å². The highest BCUT2D eigenvalue weighted by Gasteiger charge is 2.15. The third kappa shape index (κ3) is 7.01. The van der Waals surface area contributed by atoms with E-state index in [9.17, 15) is 23.1 Å². The zero-order valence-corrected chi connectivity index (χ0v) is 20.0. The first-order valence-electron chi connectivity index (χ1n) is 10.4. The van der Waals surface area contributed by atoms with Gasteiger partial charge in [0.15, 0.2) is 9.84 Å². The molecule has 0 aliphatic carbocycles. The van der Waals surface area contributed by atoms with Crippen LogP contribution in [0.5, 0.6) is 17.2 Å². The number of nitrogens with zero attached hydrogens (tertiary/aromatic N) is 1. The average Bonchev–Trinajstić information content (AvgIpc) is 2.83. The first-order chi connectivity index (χ1) is 16.6. The third-order valence-electron chi connectivity index (χ3n) is 4.65. The molecule has 0 radical (unpaired) electrons. The number of anilines is 1. The summed E-state index contributed by atoms with van der Waals surface area (Å²) >= 11 is 0. The normalized spacial score (nSPS) is 11.9. The molecule has 0 bridgehead atoms. The quantitative estimate of drug-likeness (QED) is 0.424. The summed E-state index contributed by atoms with van der Waals surface area (Å²) in [5.74, 6) is -0.00477. The van der Waals surface area contributed by atoms with E-state index in [0.29, 0.717) is 5.75 Å². The van der Waals surface area contributed by atoms with Gasteiger partial charge in [-0.25, -0.2) is 18.2 Å². The van der Waals surface area contributed by atoms with E-state index >= 15 is 0 Å². The summed E-state index contributed by atoms with van der Waals surface area (Å²) < 4.78 is 39.4. The first kappa shape index (κ1) is 25.7. The Morgan fingerprint density at radius 3 is 2.26 bits per heavy atom. The summed E-state index contributed by atoms with van der Waals surface area (Å²) in [5, 5.41) is 11.9. The molecular weight excluding hydrogens is 476 g/mol. The molecule has 3 aromatic rings. The van der Waals surface area contributed by atoms with Crippen molar-refractivity contribution in [3.63, 3.8) is 0 Å². The number of esters is 1. The number of aliphatic hydroxyl groups excluding tert-OH is 1. The Bertz CT molecular complexity index is 1310. The molecule has 0 aliphatic heterocycles. The van der Waals surface area contributed by atoms with Crippen molar-refractivity contribution >= 4 is 27.5 Å². The van der Waals surface area contributed by atoms with Crippen LogP contribution in [-0.2, 0) is 14.6 Å². The lowest BCUT2D eigenvalue weighted by Crippen LogP contribution is -2.17. The molecule has 11 heteroatoms. The maximum absolute atomic E-state index is 12.9. The standard InChI is InChI=1S/C24H24N2O8S/c1-15(14-27)33-19-10-17(23(28)26-22-9-4-16(13-25-22)24(29)32-2)11-20(12-19)34-18-5-7-21(8-6-18)35(3,30)31/h4-13,15,27H,14H2,1-3H3,(H,25,26,28). The molecule has 1 amide bonds. The molecule has 2 N–H and O–H groups in total. The van der Waals surface area contributed by atoms with E-state index < -0.39 is 27.8 Å². The first-order valence-corrected chi connectivity index (χ1v) is 12.2. The van der Waals surface area contributed by atoms with Gasteiger partial charge in [-0.05, 0) is 55.5 Å². The molecule has 1 aromatic heterocycles. The van der Waals surface area contributed by atoms with E-state index in [1.807, 2.05) is 0 Å².